The number of benzene rings is 2. The first-order valence-corrected chi connectivity index (χ1v) is 9.82. The number of halogens is 1. The van der Waals surface area contributed by atoms with Crippen LogP contribution in [0.4, 0.5) is 0 Å². The number of carbonyl (C=O) groups excluding carboxylic acids is 1. The molecule has 0 fully saturated rings. The molecule has 0 bridgehead atoms. The van der Waals surface area contributed by atoms with Crippen LogP contribution in [-0.4, -0.2) is 22.5 Å². The van der Waals surface area contributed by atoms with E-state index in [2.05, 4.69) is 22.1 Å². The molecule has 5 heteroatoms. The number of aromatic amines is 1. The fraction of sp³-hybridized carbons (Fsp3) is 0.217. The fourth-order valence-electron chi connectivity index (χ4n) is 3.77. The number of H-pyrrole nitrogens is 1. The summed E-state index contributed by atoms with van der Waals surface area (Å²) in [7, 11) is 0. The Bertz CT molecular complexity index is 1160. The van der Waals surface area contributed by atoms with Crippen molar-refractivity contribution in [2.24, 2.45) is 0 Å². The number of esters is 1. The number of rotatable bonds is 5. The lowest BCUT2D eigenvalue weighted by atomic mass is 9.96. The van der Waals surface area contributed by atoms with E-state index >= 15 is 0 Å². The van der Waals surface area contributed by atoms with E-state index in [4.69, 9.17) is 16.3 Å². The summed E-state index contributed by atoms with van der Waals surface area (Å²) in [6.45, 7) is 4.18. The maximum Gasteiger partial charge on any atom is 0.357 e. The molecule has 4 aromatic rings. The lowest BCUT2D eigenvalue weighted by Crippen LogP contribution is -2.10. The van der Waals surface area contributed by atoms with Gasteiger partial charge in [-0.2, -0.15) is 0 Å². The summed E-state index contributed by atoms with van der Waals surface area (Å²) in [4.78, 5) is 20.3. The van der Waals surface area contributed by atoms with Crippen LogP contribution in [0, 0.1) is 0 Å². The van der Waals surface area contributed by atoms with Gasteiger partial charge >= 0.3 is 5.97 Å². The number of nitrogens with one attached hydrogen (secondary N) is 1. The highest BCUT2D eigenvalue weighted by atomic mass is 35.5. The van der Waals surface area contributed by atoms with Crippen LogP contribution in [0.25, 0.3) is 21.8 Å². The number of fused-ring (bicyclic) bond motifs is 3. The van der Waals surface area contributed by atoms with Crippen LogP contribution in [0.1, 0.15) is 41.0 Å². The van der Waals surface area contributed by atoms with Crippen molar-refractivity contribution >= 4 is 39.4 Å². The predicted molar refractivity (Wildman–Crippen MR) is 113 cm³/mol. The van der Waals surface area contributed by atoms with Gasteiger partial charge in [-0.1, -0.05) is 42.8 Å². The molecule has 0 aliphatic rings. The van der Waals surface area contributed by atoms with E-state index in [0.29, 0.717) is 18.7 Å². The van der Waals surface area contributed by atoms with E-state index in [-0.39, 0.29) is 5.97 Å². The third-order valence-electron chi connectivity index (χ3n) is 4.98. The van der Waals surface area contributed by atoms with Gasteiger partial charge in [-0.25, -0.2) is 9.78 Å². The third kappa shape index (κ3) is 3.25. The topological polar surface area (TPSA) is 55.0 Å². The number of carbonyl (C=O) groups is 1. The van der Waals surface area contributed by atoms with Crippen molar-refractivity contribution in [2.75, 3.05) is 6.61 Å². The molecule has 0 atom stereocenters. The minimum absolute atomic E-state index is 0.331. The minimum Gasteiger partial charge on any atom is -0.461 e. The van der Waals surface area contributed by atoms with Crippen LogP contribution in [0.15, 0.2) is 48.7 Å². The standard InChI is InChI=1S/C23H21ClN2O2/c1-3-17-21-19(13-25-22(17)23(27)28-4-2)26-18-7-5-6-15(20(18)21)12-14-8-10-16(24)11-9-14/h5-11,13,26H,3-4,12H2,1-2H3. The van der Waals surface area contributed by atoms with Crippen molar-refractivity contribution in [3.8, 4) is 0 Å². The summed E-state index contributed by atoms with van der Waals surface area (Å²) in [5.41, 5.74) is 5.68. The maximum atomic E-state index is 12.4. The van der Waals surface area contributed by atoms with Gasteiger partial charge in [-0.15, -0.1) is 0 Å². The molecule has 0 saturated heterocycles. The molecule has 0 amide bonds. The number of nitrogens with zero attached hydrogens (tertiary/aromatic N) is 1. The van der Waals surface area contributed by atoms with E-state index in [9.17, 15) is 4.79 Å². The van der Waals surface area contributed by atoms with E-state index in [1.807, 2.05) is 37.3 Å². The molecular weight excluding hydrogens is 372 g/mol. The smallest absolute Gasteiger partial charge is 0.357 e. The molecule has 0 aliphatic heterocycles. The number of pyridine rings is 1. The number of hydrogen-bond acceptors (Lipinski definition) is 3. The highest BCUT2D eigenvalue weighted by Gasteiger charge is 2.20. The molecule has 0 aliphatic carbocycles. The average molecular weight is 393 g/mol. The Morgan fingerprint density at radius 2 is 1.86 bits per heavy atom. The van der Waals surface area contributed by atoms with Gasteiger partial charge in [-0.05, 0) is 54.7 Å². The molecule has 28 heavy (non-hydrogen) atoms. The highest BCUT2D eigenvalue weighted by molar-refractivity contribution is 6.30. The molecule has 2 aromatic carbocycles. The van der Waals surface area contributed by atoms with Crippen LogP contribution >= 0.6 is 11.6 Å². The first kappa shape index (κ1) is 18.5. The van der Waals surface area contributed by atoms with Crippen molar-refractivity contribution < 1.29 is 9.53 Å². The third-order valence-corrected chi connectivity index (χ3v) is 5.23. The molecule has 4 nitrogen and oxygen atoms in total. The lowest BCUT2D eigenvalue weighted by molar-refractivity contribution is 0.0518. The van der Waals surface area contributed by atoms with Gasteiger partial charge < -0.3 is 9.72 Å². The second-order valence-electron chi connectivity index (χ2n) is 6.72. The molecular formula is C23H21ClN2O2. The predicted octanol–water partition coefficient (Wildman–Crippen LogP) is 5.70. The second-order valence-corrected chi connectivity index (χ2v) is 7.15. The van der Waals surface area contributed by atoms with Gasteiger partial charge in [0.05, 0.1) is 18.3 Å². The average Bonchev–Trinajstić information content (AvgIpc) is 3.08. The molecule has 0 unspecified atom stereocenters. The molecule has 142 valence electrons. The molecule has 2 aromatic heterocycles. The van der Waals surface area contributed by atoms with E-state index in [1.54, 1.807) is 13.1 Å². The van der Waals surface area contributed by atoms with Gasteiger partial charge in [0.15, 0.2) is 5.69 Å². The van der Waals surface area contributed by atoms with Gasteiger partial charge in [0.25, 0.3) is 0 Å². The highest BCUT2D eigenvalue weighted by Crippen LogP contribution is 2.33. The van der Waals surface area contributed by atoms with Crippen LogP contribution in [0.2, 0.25) is 5.02 Å². The van der Waals surface area contributed by atoms with Crippen LogP contribution < -0.4 is 0 Å². The van der Waals surface area contributed by atoms with Crippen LogP contribution in [0.5, 0.6) is 0 Å². The Morgan fingerprint density at radius 3 is 2.57 bits per heavy atom. The van der Waals surface area contributed by atoms with E-state index in [1.165, 1.54) is 11.1 Å². The van der Waals surface area contributed by atoms with E-state index < -0.39 is 0 Å². The van der Waals surface area contributed by atoms with Gasteiger partial charge in [0.2, 0.25) is 0 Å². The molecule has 0 radical (unpaired) electrons. The Morgan fingerprint density at radius 1 is 1.07 bits per heavy atom. The molecule has 4 rings (SSSR count). The maximum absolute atomic E-state index is 12.4. The summed E-state index contributed by atoms with van der Waals surface area (Å²) < 4.78 is 5.22. The normalized spacial score (nSPS) is 11.2. The Balaban J connectivity index is 1.94. The van der Waals surface area contributed by atoms with Crippen molar-refractivity contribution in [3.05, 3.63) is 76.1 Å². The number of aromatic nitrogens is 2. The van der Waals surface area contributed by atoms with Crippen molar-refractivity contribution in [2.45, 2.75) is 26.7 Å². The number of aryl methyl sites for hydroxylation is 1. The number of ether oxygens (including phenoxy) is 1. The van der Waals surface area contributed by atoms with Crippen LogP contribution in [0.3, 0.4) is 0 Å². The van der Waals surface area contributed by atoms with Crippen molar-refractivity contribution in [1.82, 2.24) is 9.97 Å². The first-order chi connectivity index (χ1) is 13.6. The zero-order valence-electron chi connectivity index (χ0n) is 15.9. The SMILES string of the molecule is CCOC(=O)c1ncc2[nH]c3cccc(Cc4ccc(Cl)cc4)c3c2c1CC. The first-order valence-electron chi connectivity index (χ1n) is 9.45. The largest absolute Gasteiger partial charge is 0.461 e. The van der Waals surface area contributed by atoms with Crippen molar-refractivity contribution in [1.29, 1.82) is 0 Å². The number of hydrogen-bond donors (Lipinski definition) is 1. The zero-order chi connectivity index (χ0) is 19.7. The molecule has 0 spiro atoms. The summed E-state index contributed by atoms with van der Waals surface area (Å²) in [6.07, 6.45) is 3.20. The van der Waals surface area contributed by atoms with Gasteiger partial charge in [0.1, 0.15) is 0 Å². The van der Waals surface area contributed by atoms with Gasteiger partial charge in [0, 0.05) is 21.3 Å². The summed E-state index contributed by atoms with van der Waals surface area (Å²) in [6, 6.07) is 14.1. The Kier molecular flexibility index (Phi) is 5.05. The minimum atomic E-state index is -0.370. The fourth-order valence-corrected chi connectivity index (χ4v) is 3.89. The zero-order valence-corrected chi connectivity index (χ0v) is 16.6. The quantitative estimate of drug-likeness (QED) is 0.443. The summed E-state index contributed by atoms with van der Waals surface area (Å²) >= 11 is 6.03. The van der Waals surface area contributed by atoms with E-state index in [0.717, 1.165) is 38.8 Å². The molecule has 0 saturated carbocycles. The summed E-state index contributed by atoms with van der Waals surface area (Å²) in [5.74, 6) is -0.370. The van der Waals surface area contributed by atoms with Gasteiger partial charge in [-0.3, -0.25) is 0 Å². The molecule has 1 N–H and O–H groups in total. The summed E-state index contributed by atoms with van der Waals surface area (Å²) in [5, 5.41) is 2.92. The lowest BCUT2D eigenvalue weighted by Gasteiger charge is -2.10. The Hall–Kier alpha value is -2.85. The van der Waals surface area contributed by atoms with Crippen LogP contribution in [-0.2, 0) is 17.6 Å². The monoisotopic (exact) mass is 392 g/mol. The van der Waals surface area contributed by atoms with Crippen molar-refractivity contribution in [3.63, 3.8) is 0 Å². The Labute approximate surface area is 168 Å². The molecule has 2 heterocycles. The second kappa shape index (κ2) is 7.64.